The molecule has 0 atom stereocenters. The highest BCUT2D eigenvalue weighted by molar-refractivity contribution is 9.11. The number of aromatic nitrogens is 1. The van der Waals surface area contributed by atoms with Crippen LogP contribution in [0.15, 0.2) is 38.6 Å². The number of anilines is 1. The van der Waals surface area contributed by atoms with Crippen LogP contribution in [0, 0.1) is 11.6 Å². The minimum Gasteiger partial charge on any atom is -0.380 e. The van der Waals surface area contributed by atoms with Gasteiger partial charge in [0.25, 0.3) is 0 Å². The predicted octanol–water partition coefficient (Wildman–Crippen LogP) is 4.69. The molecule has 3 aromatic rings. The summed E-state index contributed by atoms with van der Waals surface area (Å²) in [7, 11) is 0. The van der Waals surface area contributed by atoms with Gasteiger partial charge in [0.15, 0.2) is 11.6 Å². The van der Waals surface area contributed by atoms with Crippen molar-refractivity contribution >= 4 is 33.1 Å². The second-order valence-corrected chi connectivity index (χ2v) is 6.46. The van der Waals surface area contributed by atoms with Crippen LogP contribution in [0.5, 0.6) is 0 Å². The first kappa shape index (κ1) is 13.3. The highest BCUT2D eigenvalue weighted by Crippen LogP contribution is 2.41. The van der Waals surface area contributed by atoms with Crippen LogP contribution in [0.3, 0.4) is 0 Å². The number of hydrogen-bond acceptors (Lipinski definition) is 4. The van der Waals surface area contributed by atoms with E-state index in [0.29, 0.717) is 11.3 Å². The Labute approximate surface area is 125 Å². The number of benzene rings is 1. The predicted molar refractivity (Wildman–Crippen MR) is 77.3 cm³/mol. The van der Waals surface area contributed by atoms with Gasteiger partial charge in [-0.2, -0.15) is 0 Å². The van der Waals surface area contributed by atoms with Gasteiger partial charge in [-0.05, 0) is 40.2 Å². The average Bonchev–Trinajstić information content (AvgIpc) is 2.96. The summed E-state index contributed by atoms with van der Waals surface area (Å²) in [5.41, 5.74) is 6.24. The Kier molecular flexibility index (Phi) is 3.31. The third-order valence-corrected chi connectivity index (χ3v) is 4.34. The van der Waals surface area contributed by atoms with E-state index in [1.54, 1.807) is 6.07 Å². The van der Waals surface area contributed by atoms with E-state index >= 15 is 0 Å². The van der Waals surface area contributed by atoms with Gasteiger partial charge >= 0.3 is 0 Å². The van der Waals surface area contributed by atoms with Crippen molar-refractivity contribution in [3.05, 3.63) is 45.8 Å². The first-order chi connectivity index (χ1) is 9.56. The molecule has 0 bridgehead atoms. The van der Waals surface area contributed by atoms with E-state index in [4.69, 9.17) is 10.3 Å². The smallest absolute Gasteiger partial charge is 0.186 e. The first-order valence-corrected chi connectivity index (χ1v) is 7.13. The van der Waals surface area contributed by atoms with E-state index in [1.165, 1.54) is 23.5 Å². The lowest BCUT2D eigenvalue weighted by Crippen LogP contribution is -1.92. The Morgan fingerprint density at radius 1 is 1.20 bits per heavy atom. The lowest BCUT2D eigenvalue weighted by molar-refractivity contribution is 0.437. The van der Waals surface area contributed by atoms with Gasteiger partial charge < -0.3 is 10.3 Å². The van der Waals surface area contributed by atoms with Crippen molar-refractivity contribution in [2.24, 2.45) is 0 Å². The van der Waals surface area contributed by atoms with Crippen molar-refractivity contribution < 1.29 is 13.3 Å². The quantitative estimate of drug-likeness (QED) is 0.724. The van der Waals surface area contributed by atoms with Crippen molar-refractivity contribution in [3.63, 3.8) is 0 Å². The molecule has 1 aromatic carbocycles. The Morgan fingerprint density at radius 2 is 2.00 bits per heavy atom. The monoisotopic (exact) mass is 356 g/mol. The largest absolute Gasteiger partial charge is 0.380 e. The molecule has 0 amide bonds. The number of thiophene rings is 1. The van der Waals surface area contributed by atoms with E-state index in [2.05, 4.69) is 21.1 Å². The van der Waals surface area contributed by atoms with Crippen LogP contribution in [0.4, 0.5) is 14.6 Å². The van der Waals surface area contributed by atoms with Crippen molar-refractivity contribution in [3.8, 4) is 21.8 Å². The van der Waals surface area contributed by atoms with Crippen LogP contribution in [0.2, 0.25) is 0 Å². The molecule has 20 heavy (non-hydrogen) atoms. The van der Waals surface area contributed by atoms with Crippen LogP contribution in [0.25, 0.3) is 21.8 Å². The second-order valence-electron chi connectivity index (χ2n) is 4.00. The van der Waals surface area contributed by atoms with E-state index in [9.17, 15) is 8.78 Å². The van der Waals surface area contributed by atoms with E-state index in [1.807, 2.05) is 6.07 Å². The summed E-state index contributed by atoms with van der Waals surface area (Å²) in [4.78, 5) is 0.750. The fourth-order valence-electron chi connectivity index (χ4n) is 1.86. The molecule has 0 aliphatic heterocycles. The van der Waals surface area contributed by atoms with Gasteiger partial charge in [-0.15, -0.1) is 11.3 Å². The van der Waals surface area contributed by atoms with Crippen LogP contribution < -0.4 is 5.73 Å². The number of nitrogens with zero attached hydrogens (tertiary/aromatic N) is 1. The molecule has 0 aliphatic rings. The topological polar surface area (TPSA) is 52.0 Å². The SMILES string of the molecule is Nc1noc(-c2ccc(Br)s2)c1-c1ccc(F)cc1F. The van der Waals surface area contributed by atoms with Crippen molar-refractivity contribution in [2.75, 3.05) is 5.73 Å². The minimum atomic E-state index is -0.711. The zero-order chi connectivity index (χ0) is 14.3. The summed E-state index contributed by atoms with van der Waals surface area (Å²) in [6.07, 6.45) is 0. The van der Waals surface area contributed by atoms with Crippen molar-refractivity contribution in [2.45, 2.75) is 0 Å². The summed E-state index contributed by atoms with van der Waals surface area (Å²) in [5.74, 6) is -0.933. The molecule has 0 saturated heterocycles. The molecule has 0 spiro atoms. The Morgan fingerprint density at radius 3 is 2.65 bits per heavy atom. The molecule has 2 N–H and O–H groups in total. The van der Waals surface area contributed by atoms with Crippen LogP contribution in [-0.2, 0) is 0 Å². The number of rotatable bonds is 2. The molecule has 0 unspecified atom stereocenters. The van der Waals surface area contributed by atoms with Gasteiger partial charge in [-0.3, -0.25) is 0 Å². The van der Waals surface area contributed by atoms with Gasteiger partial charge in [0, 0.05) is 11.6 Å². The molecule has 0 saturated carbocycles. The number of halogens is 3. The lowest BCUT2D eigenvalue weighted by atomic mass is 10.0. The Hall–Kier alpha value is -1.73. The van der Waals surface area contributed by atoms with Crippen LogP contribution in [0.1, 0.15) is 0 Å². The third kappa shape index (κ3) is 2.23. The van der Waals surface area contributed by atoms with Crippen molar-refractivity contribution in [1.82, 2.24) is 5.16 Å². The summed E-state index contributed by atoms with van der Waals surface area (Å²) >= 11 is 4.75. The standard InChI is InChI=1S/C13H7BrF2N2OS/c14-10-4-3-9(20-10)12-11(13(17)18-19-12)7-2-1-6(15)5-8(7)16/h1-5H,(H2,17,18). The second kappa shape index (κ2) is 4.99. The molecule has 2 heterocycles. The zero-order valence-electron chi connectivity index (χ0n) is 9.86. The van der Waals surface area contributed by atoms with Crippen LogP contribution in [-0.4, -0.2) is 5.16 Å². The molecule has 7 heteroatoms. The maximum Gasteiger partial charge on any atom is 0.186 e. The molecular formula is C13H7BrF2N2OS. The van der Waals surface area contributed by atoms with Gasteiger partial charge in [-0.1, -0.05) is 5.16 Å². The average molecular weight is 357 g/mol. The third-order valence-electron chi connectivity index (χ3n) is 2.72. The number of nitrogen functional groups attached to an aromatic ring is 1. The molecule has 0 aliphatic carbocycles. The Balaban J connectivity index is 2.21. The molecule has 3 rings (SSSR count). The Bertz CT molecular complexity index is 785. The summed E-state index contributed by atoms with van der Waals surface area (Å²) in [6.45, 7) is 0. The normalized spacial score (nSPS) is 10.9. The molecular weight excluding hydrogens is 350 g/mol. The summed E-state index contributed by atoms with van der Waals surface area (Å²) in [6, 6.07) is 6.93. The van der Waals surface area contributed by atoms with Gasteiger partial charge in [0.1, 0.15) is 11.6 Å². The van der Waals surface area contributed by atoms with Gasteiger partial charge in [0.05, 0.1) is 14.2 Å². The molecule has 3 nitrogen and oxygen atoms in total. The van der Waals surface area contributed by atoms with Crippen molar-refractivity contribution in [1.29, 1.82) is 0 Å². The fourth-order valence-corrected chi connectivity index (χ4v) is 3.23. The molecule has 2 aromatic heterocycles. The number of nitrogens with two attached hydrogens (primary N) is 1. The zero-order valence-corrected chi connectivity index (χ0v) is 12.3. The summed E-state index contributed by atoms with van der Waals surface area (Å²) in [5, 5.41) is 3.68. The molecule has 0 fully saturated rings. The highest BCUT2D eigenvalue weighted by atomic mass is 79.9. The summed E-state index contributed by atoms with van der Waals surface area (Å²) < 4.78 is 33.0. The highest BCUT2D eigenvalue weighted by Gasteiger charge is 2.21. The van der Waals surface area contributed by atoms with E-state index in [0.717, 1.165) is 14.7 Å². The maximum absolute atomic E-state index is 13.9. The van der Waals surface area contributed by atoms with E-state index in [-0.39, 0.29) is 11.4 Å². The first-order valence-electron chi connectivity index (χ1n) is 5.52. The lowest BCUT2D eigenvalue weighted by Gasteiger charge is -2.03. The number of hydrogen-bond donors (Lipinski definition) is 1. The van der Waals surface area contributed by atoms with Crippen LogP contribution >= 0.6 is 27.3 Å². The fraction of sp³-hybridized carbons (Fsp3) is 0. The van der Waals surface area contributed by atoms with Gasteiger partial charge in [0.2, 0.25) is 0 Å². The minimum absolute atomic E-state index is 0.0648. The van der Waals surface area contributed by atoms with Gasteiger partial charge in [-0.25, -0.2) is 8.78 Å². The maximum atomic E-state index is 13.9. The molecule has 102 valence electrons. The van der Waals surface area contributed by atoms with E-state index < -0.39 is 11.6 Å². The molecule has 0 radical (unpaired) electrons.